The summed E-state index contributed by atoms with van der Waals surface area (Å²) in [7, 11) is 1.61. The molecule has 1 N–H and O–H groups in total. The monoisotopic (exact) mass is 532 g/mol. The predicted molar refractivity (Wildman–Crippen MR) is 141 cm³/mol. The van der Waals surface area contributed by atoms with Crippen molar-refractivity contribution in [1.82, 2.24) is 5.43 Å². The highest BCUT2D eigenvalue weighted by Crippen LogP contribution is 2.31. The molecule has 2 aromatic carbocycles. The lowest BCUT2D eigenvalue weighted by Crippen LogP contribution is -2.18. The van der Waals surface area contributed by atoms with Crippen molar-refractivity contribution in [2.24, 2.45) is 5.10 Å². The zero-order chi connectivity index (χ0) is 25.0. The molecule has 0 spiro atoms. The smallest absolute Gasteiger partial charge is 0.240 e. The quantitative estimate of drug-likeness (QED) is 0.178. The van der Waals surface area contributed by atoms with Gasteiger partial charge < -0.3 is 14.2 Å². The van der Waals surface area contributed by atoms with E-state index < -0.39 is 0 Å². The van der Waals surface area contributed by atoms with Crippen molar-refractivity contribution in [2.75, 3.05) is 20.3 Å². The average Bonchev–Trinajstić information content (AvgIpc) is 2.80. The molecule has 0 aliphatic heterocycles. The van der Waals surface area contributed by atoms with Gasteiger partial charge in [0.05, 0.1) is 31.0 Å². The van der Waals surface area contributed by atoms with Crippen LogP contribution < -0.4 is 19.6 Å². The summed E-state index contributed by atoms with van der Waals surface area (Å²) >= 11 is 3.57. The molecule has 0 bridgehead atoms. The number of nitrogens with zero attached hydrogens (tertiary/aromatic N) is 1. The summed E-state index contributed by atoms with van der Waals surface area (Å²) in [4.78, 5) is 12.1. The van der Waals surface area contributed by atoms with Crippen molar-refractivity contribution in [3.8, 4) is 17.2 Å². The van der Waals surface area contributed by atoms with E-state index in [1.165, 1.54) is 5.56 Å². The van der Waals surface area contributed by atoms with Crippen molar-refractivity contribution in [2.45, 2.75) is 65.2 Å². The second kappa shape index (κ2) is 14.0. The van der Waals surface area contributed by atoms with E-state index in [1.54, 1.807) is 13.3 Å². The third-order valence-corrected chi connectivity index (χ3v) is 5.82. The van der Waals surface area contributed by atoms with Crippen LogP contribution >= 0.6 is 15.9 Å². The third-order valence-electron chi connectivity index (χ3n) is 5.20. The van der Waals surface area contributed by atoms with E-state index in [-0.39, 0.29) is 11.3 Å². The first-order valence-electron chi connectivity index (χ1n) is 11.8. The molecule has 7 heteroatoms. The highest BCUT2D eigenvalue weighted by Gasteiger charge is 2.15. The Balaban J connectivity index is 1.75. The van der Waals surface area contributed by atoms with Gasteiger partial charge in [0.25, 0.3) is 0 Å². The second-order valence-corrected chi connectivity index (χ2v) is 9.96. The van der Waals surface area contributed by atoms with Gasteiger partial charge in [-0.3, -0.25) is 4.79 Å². The molecule has 0 aromatic heterocycles. The number of hydrazone groups is 1. The van der Waals surface area contributed by atoms with Crippen LogP contribution in [-0.4, -0.2) is 32.4 Å². The predicted octanol–water partition coefficient (Wildman–Crippen LogP) is 6.63. The first kappa shape index (κ1) is 27.7. The van der Waals surface area contributed by atoms with Gasteiger partial charge in [-0.2, -0.15) is 5.10 Å². The number of nitrogens with one attached hydrogen (secondary N) is 1. The summed E-state index contributed by atoms with van der Waals surface area (Å²) < 4.78 is 17.9. The van der Waals surface area contributed by atoms with Gasteiger partial charge in [0, 0.05) is 6.42 Å². The zero-order valence-electron chi connectivity index (χ0n) is 20.9. The van der Waals surface area contributed by atoms with Crippen LogP contribution in [0.3, 0.4) is 0 Å². The minimum Gasteiger partial charge on any atom is -0.493 e. The lowest BCUT2D eigenvalue weighted by atomic mass is 9.87. The maximum atomic E-state index is 12.1. The largest absolute Gasteiger partial charge is 0.493 e. The van der Waals surface area contributed by atoms with E-state index in [4.69, 9.17) is 14.2 Å². The van der Waals surface area contributed by atoms with Gasteiger partial charge in [-0.25, -0.2) is 5.43 Å². The van der Waals surface area contributed by atoms with Crippen LogP contribution in [0.5, 0.6) is 17.2 Å². The van der Waals surface area contributed by atoms with Gasteiger partial charge in [0.2, 0.25) is 5.91 Å². The number of unbranched alkanes of at least 4 members (excludes halogenated alkanes) is 2. The van der Waals surface area contributed by atoms with Crippen molar-refractivity contribution < 1.29 is 19.0 Å². The zero-order valence-corrected chi connectivity index (χ0v) is 22.5. The molecule has 1 amide bonds. The van der Waals surface area contributed by atoms with E-state index in [1.807, 2.05) is 24.3 Å². The van der Waals surface area contributed by atoms with E-state index in [0.29, 0.717) is 37.6 Å². The fourth-order valence-corrected chi connectivity index (χ4v) is 3.65. The van der Waals surface area contributed by atoms with Gasteiger partial charge in [-0.15, -0.1) is 0 Å². The fraction of sp³-hybridized carbons (Fsp3) is 0.481. The third kappa shape index (κ3) is 9.37. The Morgan fingerprint density at radius 2 is 1.71 bits per heavy atom. The highest BCUT2D eigenvalue weighted by atomic mass is 79.9. The molecular formula is C27H37BrN2O4. The molecule has 186 valence electrons. The van der Waals surface area contributed by atoms with Crippen molar-refractivity contribution in [3.05, 3.63) is 52.0 Å². The highest BCUT2D eigenvalue weighted by molar-refractivity contribution is 9.10. The van der Waals surface area contributed by atoms with Crippen LogP contribution in [0.4, 0.5) is 0 Å². The average molecular weight is 534 g/mol. The van der Waals surface area contributed by atoms with Crippen LogP contribution in [-0.2, 0) is 10.2 Å². The molecule has 2 aromatic rings. The van der Waals surface area contributed by atoms with Gasteiger partial charge >= 0.3 is 0 Å². The van der Waals surface area contributed by atoms with Gasteiger partial charge in [0.15, 0.2) is 11.5 Å². The van der Waals surface area contributed by atoms with Gasteiger partial charge in [0.1, 0.15) is 5.75 Å². The molecule has 0 heterocycles. The van der Waals surface area contributed by atoms with E-state index in [2.05, 4.69) is 66.3 Å². The molecule has 34 heavy (non-hydrogen) atoms. The standard InChI is InChI=1S/C27H37BrN2O4/c1-6-7-8-15-34-24-13-11-20(17-25(24)32-5)19-29-30-26(31)10-9-16-33-23-14-12-21(18-22(23)28)27(2,3)4/h11-14,17-19H,6-10,15-16H2,1-5H3,(H,30,31)/b29-19+. The van der Waals surface area contributed by atoms with Crippen LogP contribution in [0.25, 0.3) is 0 Å². The fourth-order valence-electron chi connectivity index (χ4n) is 3.15. The lowest BCUT2D eigenvalue weighted by molar-refractivity contribution is -0.121. The van der Waals surface area contributed by atoms with E-state index in [9.17, 15) is 4.79 Å². The number of carbonyl (C=O) groups excluding carboxylic acids is 1. The number of ether oxygens (including phenoxy) is 3. The summed E-state index contributed by atoms with van der Waals surface area (Å²) in [5, 5.41) is 4.05. The second-order valence-electron chi connectivity index (χ2n) is 9.11. The maximum Gasteiger partial charge on any atom is 0.240 e. The Labute approximate surface area is 212 Å². The number of hydrogen-bond donors (Lipinski definition) is 1. The Bertz CT molecular complexity index is 954. The summed E-state index contributed by atoms with van der Waals surface area (Å²) in [5.41, 5.74) is 4.68. The Morgan fingerprint density at radius 3 is 2.38 bits per heavy atom. The number of hydrogen-bond acceptors (Lipinski definition) is 5. The van der Waals surface area contributed by atoms with Crippen molar-refractivity contribution in [1.29, 1.82) is 0 Å². The summed E-state index contributed by atoms with van der Waals surface area (Å²) in [6.07, 6.45) is 5.81. The molecule has 0 fully saturated rings. The van der Waals surface area contributed by atoms with E-state index in [0.717, 1.165) is 35.0 Å². The Kier molecular flexibility index (Phi) is 11.4. The first-order chi connectivity index (χ1) is 16.2. The normalized spacial score (nSPS) is 11.5. The van der Waals surface area contributed by atoms with Crippen molar-refractivity contribution >= 4 is 28.1 Å². The van der Waals surface area contributed by atoms with Crippen molar-refractivity contribution in [3.63, 3.8) is 0 Å². The van der Waals surface area contributed by atoms with E-state index >= 15 is 0 Å². The van der Waals surface area contributed by atoms with Gasteiger partial charge in [-0.05, 0) is 75.6 Å². The SMILES string of the molecule is CCCCCOc1ccc(/C=N/NC(=O)CCCOc2ccc(C(C)(C)C)cc2Br)cc1OC. The minimum absolute atomic E-state index is 0.0782. The molecule has 0 unspecified atom stereocenters. The number of methoxy groups -OCH3 is 1. The van der Waals surface area contributed by atoms with Crippen LogP contribution in [0.2, 0.25) is 0 Å². The molecule has 0 aliphatic rings. The summed E-state index contributed by atoms with van der Waals surface area (Å²) in [6, 6.07) is 11.7. The molecule has 2 rings (SSSR count). The number of carbonyl (C=O) groups is 1. The molecule has 0 radical (unpaired) electrons. The Hall–Kier alpha value is -2.54. The number of benzene rings is 2. The lowest BCUT2D eigenvalue weighted by Gasteiger charge is -2.20. The first-order valence-corrected chi connectivity index (χ1v) is 12.6. The van der Waals surface area contributed by atoms with Gasteiger partial charge in [-0.1, -0.05) is 46.6 Å². The summed E-state index contributed by atoms with van der Waals surface area (Å²) in [5.74, 6) is 1.97. The van der Waals surface area contributed by atoms with Crippen LogP contribution in [0.1, 0.15) is 70.9 Å². The number of halogens is 1. The number of amides is 1. The molecule has 6 nitrogen and oxygen atoms in total. The van der Waals surface area contributed by atoms with Crippen LogP contribution in [0.15, 0.2) is 46.0 Å². The molecule has 0 atom stereocenters. The maximum absolute atomic E-state index is 12.1. The molecule has 0 saturated heterocycles. The molecule has 0 aliphatic carbocycles. The molecular weight excluding hydrogens is 496 g/mol. The summed E-state index contributed by atoms with van der Waals surface area (Å²) in [6.45, 7) is 9.79. The Morgan fingerprint density at radius 1 is 1.00 bits per heavy atom. The molecule has 0 saturated carbocycles. The van der Waals surface area contributed by atoms with Crippen LogP contribution in [0, 0.1) is 0 Å². The topological polar surface area (TPSA) is 69.2 Å². The number of rotatable bonds is 13. The minimum atomic E-state index is -0.162.